The minimum absolute atomic E-state index is 0.0741. The Morgan fingerprint density at radius 2 is 2.29 bits per heavy atom. The van der Waals surface area contributed by atoms with E-state index < -0.39 is 0 Å². The van der Waals surface area contributed by atoms with Gasteiger partial charge in [-0.25, -0.2) is 4.98 Å². The van der Waals surface area contributed by atoms with Crippen LogP contribution in [0.5, 0.6) is 0 Å². The van der Waals surface area contributed by atoms with E-state index in [1.165, 1.54) is 6.20 Å². The van der Waals surface area contributed by atoms with Gasteiger partial charge in [-0.2, -0.15) is 0 Å². The quantitative estimate of drug-likeness (QED) is 0.547. The van der Waals surface area contributed by atoms with Crippen molar-refractivity contribution in [3.63, 3.8) is 0 Å². The molecule has 0 unspecified atom stereocenters. The Kier molecular flexibility index (Phi) is 1.21. The molecule has 0 saturated heterocycles. The van der Waals surface area contributed by atoms with Gasteiger partial charge in [0.1, 0.15) is 0 Å². The van der Waals surface area contributed by atoms with Crippen LogP contribution in [0, 0.1) is 0 Å². The van der Waals surface area contributed by atoms with Crippen LogP contribution >= 0.6 is 23.2 Å². The number of nitrogens with zero attached hydrogens (tertiary/aromatic N) is 1. The van der Waals surface area contributed by atoms with Gasteiger partial charge in [0, 0.05) is 0 Å². The van der Waals surface area contributed by atoms with Crippen molar-refractivity contribution < 1.29 is 4.42 Å². The van der Waals surface area contributed by atoms with E-state index >= 15 is 0 Å². The van der Waals surface area contributed by atoms with Gasteiger partial charge in [0.15, 0.2) is 0 Å². The minimum Gasteiger partial charge on any atom is -0.416 e. The lowest BCUT2D eigenvalue weighted by molar-refractivity contribution is 0.562. The summed E-state index contributed by atoms with van der Waals surface area (Å²) < 4.78 is 4.50. The summed E-state index contributed by atoms with van der Waals surface area (Å²) in [6.07, 6.45) is 1.34. The summed E-state index contributed by atoms with van der Waals surface area (Å²) in [5, 5.41) is 0.287. The van der Waals surface area contributed by atoms with Crippen LogP contribution in [0.2, 0.25) is 10.6 Å². The molecule has 0 fully saturated rings. The highest BCUT2D eigenvalue weighted by Gasteiger charge is 1.92. The molecule has 1 heterocycles. The maximum atomic E-state index is 5.25. The van der Waals surface area contributed by atoms with Crippen LogP contribution in [0.15, 0.2) is 10.6 Å². The second kappa shape index (κ2) is 1.72. The number of hydrogen-bond donors (Lipinski definition) is 0. The fourth-order valence-electron chi connectivity index (χ4n) is 0.235. The molecule has 1 rings (SSSR count). The van der Waals surface area contributed by atoms with Gasteiger partial charge in [-0.05, 0) is 23.2 Å². The smallest absolute Gasteiger partial charge is 0.293 e. The highest BCUT2D eigenvalue weighted by atomic mass is 35.5. The van der Waals surface area contributed by atoms with Gasteiger partial charge in [-0.15, -0.1) is 0 Å². The summed E-state index contributed by atoms with van der Waals surface area (Å²) in [7, 11) is 0. The van der Waals surface area contributed by atoms with Crippen molar-refractivity contribution in [3.05, 3.63) is 16.8 Å². The van der Waals surface area contributed by atoms with E-state index in [4.69, 9.17) is 23.2 Å². The van der Waals surface area contributed by atoms with E-state index in [2.05, 4.69) is 9.40 Å². The fourth-order valence-corrected chi connectivity index (χ4v) is 0.528. The third-order valence-electron chi connectivity index (χ3n) is 0.449. The number of rotatable bonds is 0. The molecule has 4 heteroatoms. The molecule has 38 valence electrons. The second-order valence-electron chi connectivity index (χ2n) is 0.917. The van der Waals surface area contributed by atoms with E-state index in [1.54, 1.807) is 0 Å². The molecule has 0 aliphatic carbocycles. The predicted molar refractivity (Wildman–Crippen MR) is 26.5 cm³/mol. The van der Waals surface area contributed by atoms with Crippen molar-refractivity contribution in [3.8, 4) is 0 Å². The van der Waals surface area contributed by atoms with Crippen LogP contribution < -0.4 is 0 Å². The summed E-state index contributed by atoms with van der Waals surface area (Å²) >= 11 is 10.4. The van der Waals surface area contributed by atoms with E-state index in [9.17, 15) is 0 Å². The molecule has 2 nitrogen and oxygen atoms in total. The molecular formula is C3HCl2NO. The summed E-state index contributed by atoms with van der Waals surface area (Å²) in [6.45, 7) is 0. The van der Waals surface area contributed by atoms with Gasteiger partial charge in [-0.1, -0.05) is 0 Å². The first kappa shape index (κ1) is 4.94. The van der Waals surface area contributed by atoms with E-state index in [0.717, 1.165) is 0 Å². The predicted octanol–water partition coefficient (Wildman–Crippen LogP) is 1.98. The monoisotopic (exact) mass is 137 g/mol. The molecule has 0 bridgehead atoms. The van der Waals surface area contributed by atoms with Crippen molar-refractivity contribution in [2.24, 2.45) is 0 Å². The van der Waals surface area contributed by atoms with Crippen molar-refractivity contribution in [2.75, 3.05) is 0 Å². The first-order valence-electron chi connectivity index (χ1n) is 1.56. The summed E-state index contributed by atoms with van der Waals surface area (Å²) in [5.74, 6) is 0. The first-order chi connectivity index (χ1) is 3.29. The van der Waals surface area contributed by atoms with Gasteiger partial charge in [0.25, 0.3) is 5.35 Å². The Morgan fingerprint density at radius 1 is 1.57 bits per heavy atom. The van der Waals surface area contributed by atoms with Crippen LogP contribution in [-0.2, 0) is 0 Å². The maximum Gasteiger partial charge on any atom is 0.293 e. The molecule has 0 radical (unpaired) electrons. The molecule has 0 atom stereocenters. The second-order valence-corrected chi connectivity index (χ2v) is 1.61. The molecule has 1 aromatic heterocycles. The zero-order valence-electron chi connectivity index (χ0n) is 3.19. The normalized spacial score (nSPS) is 9.43. The third-order valence-corrected chi connectivity index (χ3v) is 0.799. The van der Waals surface area contributed by atoms with Crippen LogP contribution in [0.25, 0.3) is 0 Å². The maximum absolute atomic E-state index is 5.25. The van der Waals surface area contributed by atoms with Crippen LogP contribution in [0.1, 0.15) is 0 Å². The molecule has 0 spiro atoms. The largest absolute Gasteiger partial charge is 0.416 e. The molecule has 0 aliphatic rings. The molecule has 0 aromatic carbocycles. The Morgan fingerprint density at radius 3 is 2.43 bits per heavy atom. The van der Waals surface area contributed by atoms with Gasteiger partial charge in [0.2, 0.25) is 5.22 Å². The highest BCUT2D eigenvalue weighted by Crippen LogP contribution is 2.12. The van der Waals surface area contributed by atoms with E-state index in [0.29, 0.717) is 0 Å². The lowest BCUT2D eigenvalue weighted by Gasteiger charge is -1.68. The fraction of sp³-hybridized carbons (Fsp3) is 0. The summed E-state index contributed by atoms with van der Waals surface area (Å²) in [6, 6.07) is 0. The minimum atomic E-state index is 0.0741. The SMILES string of the molecule is Clc1cnc(Cl)o1. The van der Waals surface area contributed by atoms with Crippen LogP contribution in [-0.4, -0.2) is 4.98 Å². The Hall–Kier alpha value is -0.210. The van der Waals surface area contributed by atoms with Crippen molar-refractivity contribution >= 4 is 23.2 Å². The number of oxazole rings is 1. The van der Waals surface area contributed by atoms with Crippen LogP contribution in [0.3, 0.4) is 0 Å². The van der Waals surface area contributed by atoms with Crippen LogP contribution in [0.4, 0.5) is 0 Å². The zero-order chi connectivity index (χ0) is 5.28. The standard InChI is InChI=1S/C3HCl2NO/c4-2-1-6-3(5)7-2/h1H. The van der Waals surface area contributed by atoms with Gasteiger partial charge >= 0.3 is 0 Å². The Bertz CT molecular complexity index is 145. The van der Waals surface area contributed by atoms with E-state index in [-0.39, 0.29) is 10.6 Å². The molecule has 0 aliphatic heterocycles. The Balaban J connectivity index is 3.04. The Labute approximate surface area is 50.1 Å². The molecular weight excluding hydrogens is 137 g/mol. The van der Waals surface area contributed by atoms with Gasteiger partial charge in [0.05, 0.1) is 6.20 Å². The number of halogens is 2. The average molecular weight is 138 g/mol. The zero-order valence-corrected chi connectivity index (χ0v) is 4.70. The lowest BCUT2D eigenvalue weighted by Crippen LogP contribution is -1.49. The van der Waals surface area contributed by atoms with Crippen molar-refractivity contribution in [1.82, 2.24) is 4.98 Å². The van der Waals surface area contributed by atoms with Gasteiger partial charge < -0.3 is 4.42 Å². The summed E-state index contributed by atoms with van der Waals surface area (Å²) in [4.78, 5) is 3.48. The molecule has 0 N–H and O–H groups in total. The molecule has 0 amide bonds. The molecule has 7 heavy (non-hydrogen) atoms. The number of aromatic nitrogens is 1. The molecule has 1 aromatic rings. The van der Waals surface area contributed by atoms with Crippen molar-refractivity contribution in [2.45, 2.75) is 0 Å². The van der Waals surface area contributed by atoms with Crippen molar-refractivity contribution in [1.29, 1.82) is 0 Å². The topological polar surface area (TPSA) is 26.0 Å². The molecule has 0 saturated carbocycles. The third kappa shape index (κ3) is 1.08. The van der Waals surface area contributed by atoms with Gasteiger partial charge in [-0.3, -0.25) is 0 Å². The average Bonchev–Trinajstić information content (AvgIpc) is 1.87. The first-order valence-corrected chi connectivity index (χ1v) is 2.31. The summed E-state index contributed by atoms with van der Waals surface area (Å²) in [5.41, 5.74) is 0. The number of hydrogen-bond acceptors (Lipinski definition) is 2. The highest BCUT2D eigenvalue weighted by molar-refractivity contribution is 6.30. The lowest BCUT2D eigenvalue weighted by atomic mass is 11.0. The van der Waals surface area contributed by atoms with E-state index in [1.807, 2.05) is 0 Å².